The third-order valence-corrected chi connectivity index (χ3v) is 2.15. The van der Waals surface area contributed by atoms with Gasteiger partial charge in [-0.2, -0.15) is 10.1 Å². The first kappa shape index (κ1) is 10.8. The summed E-state index contributed by atoms with van der Waals surface area (Å²) < 4.78 is 6.91. The molecule has 2 aromatic heterocycles. The maximum Gasteiger partial charge on any atom is 0.228 e. The van der Waals surface area contributed by atoms with E-state index >= 15 is 0 Å². The van der Waals surface area contributed by atoms with Gasteiger partial charge < -0.3 is 10.3 Å². The van der Waals surface area contributed by atoms with Crippen LogP contribution < -0.4 is 5.73 Å². The fourth-order valence-electron chi connectivity index (χ4n) is 1.42. The molecule has 6 nitrogen and oxygen atoms in total. The number of aryl methyl sites for hydroxylation is 1. The van der Waals surface area contributed by atoms with Crippen LogP contribution in [-0.2, 0) is 13.0 Å². The predicted octanol–water partition coefficient (Wildman–Crippen LogP) is 0.844. The van der Waals surface area contributed by atoms with Gasteiger partial charge in [0.25, 0.3) is 0 Å². The molecule has 0 bridgehead atoms. The molecule has 86 valence electrons. The zero-order valence-electron chi connectivity index (χ0n) is 9.26. The highest BCUT2D eigenvalue weighted by molar-refractivity contribution is 5.46. The molecule has 6 heteroatoms. The van der Waals surface area contributed by atoms with Gasteiger partial charge in [0.2, 0.25) is 11.7 Å². The highest BCUT2D eigenvalue weighted by Crippen LogP contribution is 2.12. The molecular weight excluding hydrogens is 206 g/mol. The molecule has 0 aliphatic rings. The topological polar surface area (TPSA) is 82.8 Å². The van der Waals surface area contributed by atoms with Gasteiger partial charge in [-0.25, -0.2) is 0 Å². The van der Waals surface area contributed by atoms with Gasteiger partial charge in [-0.3, -0.25) is 4.68 Å². The molecule has 0 fully saturated rings. The van der Waals surface area contributed by atoms with Gasteiger partial charge in [0.05, 0.1) is 0 Å². The quantitative estimate of drug-likeness (QED) is 0.809. The van der Waals surface area contributed by atoms with Crippen molar-refractivity contribution < 1.29 is 4.52 Å². The molecule has 2 N–H and O–H groups in total. The van der Waals surface area contributed by atoms with Crippen LogP contribution in [0.4, 0.5) is 0 Å². The largest absolute Gasteiger partial charge is 0.339 e. The lowest BCUT2D eigenvalue weighted by Gasteiger charge is -1.94. The molecule has 0 aliphatic heterocycles. The Bertz CT molecular complexity index is 405. The van der Waals surface area contributed by atoms with Gasteiger partial charge in [0.15, 0.2) is 0 Å². The summed E-state index contributed by atoms with van der Waals surface area (Å²) in [6.45, 7) is 3.51. The summed E-state index contributed by atoms with van der Waals surface area (Å²) in [5.74, 6) is 1.08. The standard InChI is InChI=1S/C10H15N5O/c1-2-6-15-7-4-8(13-15)10-12-9(3-5-11)16-14-10/h4,7H,2-3,5-6,11H2,1H3. The van der Waals surface area contributed by atoms with Gasteiger partial charge >= 0.3 is 0 Å². The molecule has 0 saturated carbocycles. The minimum atomic E-state index is 0.506. The molecule has 0 amide bonds. The Morgan fingerprint density at radius 3 is 3.12 bits per heavy atom. The van der Waals surface area contributed by atoms with E-state index in [4.69, 9.17) is 10.3 Å². The van der Waals surface area contributed by atoms with E-state index < -0.39 is 0 Å². The Labute approximate surface area is 93.4 Å². The molecule has 0 radical (unpaired) electrons. The number of rotatable bonds is 5. The van der Waals surface area contributed by atoms with E-state index in [9.17, 15) is 0 Å². The summed E-state index contributed by atoms with van der Waals surface area (Å²) in [6, 6.07) is 1.88. The van der Waals surface area contributed by atoms with Crippen molar-refractivity contribution in [2.75, 3.05) is 6.54 Å². The fourth-order valence-corrected chi connectivity index (χ4v) is 1.42. The van der Waals surface area contributed by atoms with Crippen LogP contribution >= 0.6 is 0 Å². The van der Waals surface area contributed by atoms with E-state index in [1.54, 1.807) is 0 Å². The van der Waals surface area contributed by atoms with E-state index in [0.717, 1.165) is 18.7 Å². The molecule has 0 atom stereocenters. The second-order valence-corrected chi connectivity index (χ2v) is 3.51. The summed E-state index contributed by atoms with van der Waals surface area (Å²) in [6.07, 6.45) is 3.56. The number of nitrogens with two attached hydrogens (primary N) is 1. The van der Waals surface area contributed by atoms with Gasteiger partial charge in [0.1, 0.15) is 5.69 Å². The minimum absolute atomic E-state index is 0.506. The molecule has 2 aromatic rings. The van der Waals surface area contributed by atoms with Gasteiger partial charge in [-0.1, -0.05) is 12.1 Å². The monoisotopic (exact) mass is 221 g/mol. The number of hydrogen-bond acceptors (Lipinski definition) is 5. The molecule has 2 rings (SSSR count). The molecule has 0 aliphatic carbocycles. The van der Waals surface area contributed by atoms with Crippen molar-refractivity contribution in [2.45, 2.75) is 26.3 Å². The molecule has 0 aromatic carbocycles. The minimum Gasteiger partial charge on any atom is -0.339 e. The zero-order chi connectivity index (χ0) is 11.4. The second-order valence-electron chi connectivity index (χ2n) is 3.51. The molecular formula is C10H15N5O. The third kappa shape index (κ3) is 2.27. The van der Waals surface area contributed by atoms with Crippen molar-refractivity contribution in [1.29, 1.82) is 0 Å². The number of aromatic nitrogens is 4. The van der Waals surface area contributed by atoms with Crippen molar-refractivity contribution in [1.82, 2.24) is 19.9 Å². The predicted molar refractivity (Wildman–Crippen MR) is 58.6 cm³/mol. The lowest BCUT2D eigenvalue weighted by Crippen LogP contribution is -2.02. The van der Waals surface area contributed by atoms with Crippen molar-refractivity contribution in [3.05, 3.63) is 18.2 Å². The Balaban J connectivity index is 2.14. The van der Waals surface area contributed by atoms with E-state index in [1.165, 1.54) is 0 Å². The Kier molecular flexibility index (Phi) is 3.31. The summed E-state index contributed by atoms with van der Waals surface area (Å²) in [5, 5.41) is 8.21. The average molecular weight is 221 g/mol. The molecule has 0 saturated heterocycles. The van der Waals surface area contributed by atoms with Gasteiger partial charge in [-0.15, -0.1) is 0 Å². The van der Waals surface area contributed by atoms with Crippen LogP contribution in [-0.4, -0.2) is 26.5 Å². The Morgan fingerprint density at radius 1 is 1.50 bits per heavy atom. The second kappa shape index (κ2) is 4.89. The third-order valence-electron chi connectivity index (χ3n) is 2.15. The van der Waals surface area contributed by atoms with Crippen molar-refractivity contribution in [3.8, 4) is 11.5 Å². The zero-order valence-corrected chi connectivity index (χ0v) is 9.26. The Morgan fingerprint density at radius 2 is 2.38 bits per heavy atom. The first-order chi connectivity index (χ1) is 7.83. The van der Waals surface area contributed by atoms with Crippen molar-refractivity contribution in [2.24, 2.45) is 5.73 Å². The normalized spacial score (nSPS) is 10.9. The summed E-state index contributed by atoms with van der Waals surface area (Å²) >= 11 is 0. The SMILES string of the molecule is CCCn1ccc(-c2noc(CCN)n2)n1. The maximum atomic E-state index is 5.40. The summed E-state index contributed by atoms with van der Waals surface area (Å²) in [5.41, 5.74) is 6.14. The first-order valence-corrected chi connectivity index (χ1v) is 5.40. The van der Waals surface area contributed by atoms with Crippen LogP contribution in [0.25, 0.3) is 11.5 Å². The molecule has 0 spiro atoms. The Hall–Kier alpha value is -1.69. The van der Waals surface area contributed by atoms with Crippen molar-refractivity contribution >= 4 is 0 Å². The number of nitrogens with zero attached hydrogens (tertiary/aromatic N) is 4. The molecule has 0 unspecified atom stereocenters. The van der Waals surface area contributed by atoms with Gasteiger partial charge in [0, 0.05) is 25.7 Å². The lowest BCUT2D eigenvalue weighted by atomic mass is 10.4. The summed E-state index contributed by atoms with van der Waals surface area (Å²) in [7, 11) is 0. The van der Waals surface area contributed by atoms with Crippen LogP contribution in [0.2, 0.25) is 0 Å². The highest BCUT2D eigenvalue weighted by Gasteiger charge is 2.10. The van der Waals surface area contributed by atoms with E-state index in [2.05, 4.69) is 22.2 Å². The van der Waals surface area contributed by atoms with Crippen LogP contribution in [0.1, 0.15) is 19.2 Å². The van der Waals surface area contributed by atoms with Crippen LogP contribution in [0.15, 0.2) is 16.8 Å². The van der Waals surface area contributed by atoms with E-state index in [0.29, 0.717) is 24.7 Å². The smallest absolute Gasteiger partial charge is 0.228 e. The number of hydrogen-bond donors (Lipinski definition) is 1. The lowest BCUT2D eigenvalue weighted by molar-refractivity contribution is 0.380. The average Bonchev–Trinajstić information content (AvgIpc) is 2.87. The maximum absolute atomic E-state index is 5.40. The summed E-state index contributed by atoms with van der Waals surface area (Å²) in [4.78, 5) is 4.21. The van der Waals surface area contributed by atoms with Crippen LogP contribution in [0.3, 0.4) is 0 Å². The molecule has 2 heterocycles. The van der Waals surface area contributed by atoms with Crippen LogP contribution in [0.5, 0.6) is 0 Å². The van der Waals surface area contributed by atoms with E-state index in [1.807, 2.05) is 16.9 Å². The van der Waals surface area contributed by atoms with Gasteiger partial charge in [-0.05, 0) is 12.5 Å². The highest BCUT2D eigenvalue weighted by atomic mass is 16.5. The molecule has 16 heavy (non-hydrogen) atoms. The van der Waals surface area contributed by atoms with Crippen LogP contribution in [0, 0.1) is 0 Å². The first-order valence-electron chi connectivity index (χ1n) is 5.40. The fraction of sp³-hybridized carbons (Fsp3) is 0.500. The van der Waals surface area contributed by atoms with E-state index in [-0.39, 0.29) is 0 Å². The van der Waals surface area contributed by atoms with Crippen molar-refractivity contribution in [3.63, 3.8) is 0 Å².